The Labute approximate surface area is 160 Å². The molecule has 0 aromatic heterocycles. The lowest BCUT2D eigenvalue weighted by atomic mass is 9.97. The predicted molar refractivity (Wildman–Crippen MR) is 106 cm³/mol. The molecular weight excluding hydrogens is 338 g/mol. The number of carbonyl (C=O) groups excluding carboxylic acids is 2. The average molecular weight is 363 g/mol. The van der Waals surface area contributed by atoms with Crippen molar-refractivity contribution in [2.75, 3.05) is 13.2 Å². The second-order valence-corrected chi connectivity index (χ2v) is 6.72. The molecule has 0 bridgehead atoms. The van der Waals surface area contributed by atoms with Crippen molar-refractivity contribution in [3.05, 3.63) is 77.4 Å². The summed E-state index contributed by atoms with van der Waals surface area (Å²) in [5.41, 5.74) is 2.69. The molecule has 0 atom stereocenters. The van der Waals surface area contributed by atoms with Crippen molar-refractivity contribution in [3.63, 3.8) is 0 Å². The van der Waals surface area contributed by atoms with Crippen molar-refractivity contribution in [1.82, 2.24) is 5.32 Å². The fourth-order valence-electron chi connectivity index (χ4n) is 3.15. The third kappa shape index (κ3) is 5.81. The number of rotatable bonds is 8. The third-order valence-electron chi connectivity index (χ3n) is 4.68. The van der Waals surface area contributed by atoms with Crippen LogP contribution in [0.15, 0.2) is 66.2 Å². The summed E-state index contributed by atoms with van der Waals surface area (Å²) >= 11 is 0. The highest BCUT2D eigenvalue weighted by Crippen LogP contribution is 2.19. The van der Waals surface area contributed by atoms with E-state index < -0.39 is 0 Å². The summed E-state index contributed by atoms with van der Waals surface area (Å²) < 4.78 is 5.51. The number of amides is 1. The first-order chi connectivity index (χ1) is 13.2. The van der Waals surface area contributed by atoms with Crippen LogP contribution >= 0.6 is 0 Å². The molecule has 0 aliphatic heterocycles. The first-order valence-corrected chi connectivity index (χ1v) is 9.49. The van der Waals surface area contributed by atoms with E-state index in [4.69, 9.17) is 4.74 Å². The molecule has 1 aliphatic rings. The van der Waals surface area contributed by atoms with E-state index in [9.17, 15) is 9.59 Å². The maximum Gasteiger partial charge on any atom is 0.257 e. The molecule has 3 rings (SSSR count). The van der Waals surface area contributed by atoms with Gasteiger partial charge in [-0.15, -0.1) is 0 Å². The Kier molecular flexibility index (Phi) is 6.80. The number of allylic oxidation sites excluding steroid dienone is 1. The number of hydrogen-bond acceptors (Lipinski definition) is 3. The van der Waals surface area contributed by atoms with Crippen LogP contribution in [0.4, 0.5) is 0 Å². The van der Waals surface area contributed by atoms with Gasteiger partial charge in [0.2, 0.25) is 0 Å². The zero-order valence-electron chi connectivity index (χ0n) is 15.4. The van der Waals surface area contributed by atoms with Crippen molar-refractivity contribution in [3.8, 4) is 5.75 Å². The summed E-state index contributed by atoms with van der Waals surface area (Å²) in [6.45, 7) is 0.629. The molecule has 2 aromatic carbocycles. The fourth-order valence-corrected chi connectivity index (χ4v) is 3.15. The van der Waals surface area contributed by atoms with Gasteiger partial charge in [0, 0.05) is 17.7 Å². The van der Waals surface area contributed by atoms with Gasteiger partial charge in [0.1, 0.15) is 5.75 Å². The van der Waals surface area contributed by atoms with Gasteiger partial charge in [-0.25, -0.2) is 0 Å². The summed E-state index contributed by atoms with van der Waals surface area (Å²) in [7, 11) is 0. The van der Waals surface area contributed by atoms with Gasteiger partial charge in [-0.05, 0) is 56.4 Å². The molecule has 0 unspecified atom stereocenters. The van der Waals surface area contributed by atoms with Crippen LogP contribution < -0.4 is 10.1 Å². The second kappa shape index (κ2) is 9.72. The number of ketones is 1. The van der Waals surface area contributed by atoms with Crippen LogP contribution in [0.3, 0.4) is 0 Å². The molecule has 1 aliphatic carbocycles. The number of hydrogen-bond donors (Lipinski definition) is 1. The Morgan fingerprint density at radius 3 is 2.37 bits per heavy atom. The normalized spacial score (nSPS) is 13.6. The molecule has 140 valence electrons. The van der Waals surface area contributed by atoms with E-state index in [1.54, 1.807) is 36.4 Å². The van der Waals surface area contributed by atoms with E-state index in [0.717, 1.165) is 19.3 Å². The van der Waals surface area contributed by atoms with Crippen molar-refractivity contribution in [1.29, 1.82) is 0 Å². The van der Waals surface area contributed by atoms with Gasteiger partial charge in [0.25, 0.3) is 5.91 Å². The van der Waals surface area contributed by atoms with E-state index >= 15 is 0 Å². The maximum absolute atomic E-state index is 12.4. The Morgan fingerprint density at radius 1 is 0.926 bits per heavy atom. The predicted octanol–water partition coefficient (Wildman–Crippen LogP) is 4.30. The Morgan fingerprint density at radius 2 is 1.67 bits per heavy atom. The minimum absolute atomic E-state index is 0.0228. The monoisotopic (exact) mass is 363 g/mol. The zero-order valence-corrected chi connectivity index (χ0v) is 15.4. The molecule has 0 heterocycles. The number of benzene rings is 2. The molecule has 4 nitrogen and oxygen atoms in total. The Balaban J connectivity index is 1.42. The van der Waals surface area contributed by atoms with Crippen LogP contribution in [0.5, 0.6) is 5.75 Å². The van der Waals surface area contributed by atoms with E-state index in [2.05, 4.69) is 11.4 Å². The van der Waals surface area contributed by atoms with Crippen molar-refractivity contribution in [2.24, 2.45) is 0 Å². The number of nitrogens with one attached hydrogen (secondary N) is 1. The minimum Gasteiger partial charge on any atom is -0.484 e. The van der Waals surface area contributed by atoms with E-state index in [1.165, 1.54) is 18.4 Å². The minimum atomic E-state index is -0.129. The van der Waals surface area contributed by atoms with Crippen LogP contribution in [0.25, 0.3) is 0 Å². The summed E-state index contributed by atoms with van der Waals surface area (Å²) in [5.74, 6) is 0.414. The molecule has 2 aromatic rings. The standard InChI is InChI=1S/C23H25NO3/c25-22(24-16-15-18-7-3-1-4-8-18)17-27-21-13-11-20(12-14-21)23(26)19-9-5-2-6-10-19/h2,5-7,9-14H,1,3-4,8,15-17H2,(H,24,25). The van der Waals surface area contributed by atoms with Gasteiger partial charge in [0.05, 0.1) is 0 Å². The van der Waals surface area contributed by atoms with Crippen molar-refractivity contribution in [2.45, 2.75) is 32.1 Å². The van der Waals surface area contributed by atoms with Gasteiger partial charge >= 0.3 is 0 Å². The Hall–Kier alpha value is -2.88. The van der Waals surface area contributed by atoms with E-state index in [0.29, 0.717) is 23.4 Å². The van der Waals surface area contributed by atoms with Crippen LogP contribution in [-0.4, -0.2) is 24.8 Å². The topological polar surface area (TPSA) is 55.4 Å². The first kappa shape index (κ1) is 18.9. The fraction of sp³-hybridized carbons (Fsp3) is 0.304. The van der Waals surface area contributed by atoms with Crippen LogP contribution in [0.2, 0.25) is 0 Å². The quantitative estimate of drug-likeness (QED) is 0.562. The van der Waals surface area contributed by atoms with E-state index in [-0.39, 0.29) is 18.3 Å². The lowest BCUT2D eigenvalue weighted by Gasteiger charge is -2.13. The maximum atomic E-state index is 12.4. The molecule has 0 saturated carbocycles. The van der Waals surface area contributed by atoms with Gasteiger partial charge in [0.15, 0.2) is 12.4 Å². The van der Waals surface area contributed by atoms with Crippen molar-refractivity contribution < 1.29 is 14.3 Å². The largest absolute Gasteiger partial charge is 0.484 e. The molecule has 0 spiro atoms. The van der Waals surface area contributed by atoms with E-state index in [1.807, 2.05) is 18.2 Å². The van der Waals surface area contributed by atoms with Crippen LogP contribution in [-0.2, 0) is 4.79 Å². The number of ether oxygens (including phenoxy) is 1. The highest BCUT2D eigenvalue weighted by atomic mass is 16.5. The third-order valence-corrected chi connectivity index (χ3v) is 4.68. The van der Waals surface area contributed by atoms with Gasteiger partial charge < -0.3 is 10.1 Å². The zero-order chi connectivity index (χ0) is 18.9. The highest BCUT2D eigenvalue weighted by Gasteiger charge is 2.09. The molecule has 27 heavy (non-hydrogen) atoms. The van der Waals surface area contributed by atoms with Gasteiger partial charge in [-0.1, -0.05) is 42.0 Å². The molecule has 0 fully saturated rings. The highest BCUT2D eigenvalue weighted by molar-refractivity contribution is 6.08. The summed E-state index contributed by atoms with van der Waals surface area (Å²) in [5, 5.41) is 2.89. The first-order valence-electron chi connectivity index (χ1n) is 9.49. The molecule has 4 heteroatoms. The molecular formula is C23H25NO3. The lowest BCUT2D eigenvalue weighted by molar-refractivity contribution is -0.123. The van der Waals surface area contributed by atoms with Crippen LogP contribution in [0.1, 0.15) is 48.0 Å². The van der Waals surface area contributed by atoms with Crippen molar-refractivity contribution >= 4 is 11.7 Å². The lowest BCUT2D eigenvalue weighted by Crippen LogP contribution is -2.30. The average Bonchev–Trinajstić information content (AvgIpc) is 2.73. The summed E-state index contributed by atoms with van der Waals surface area (Å²) in [6, 6.07) is 16.0. The molecule has 1 N–H and O–H groups in total. The second-order valence-electron chi connectivity index (χ2n) is 6.72. The van der Waals surface area contributed by atoms with Crippen LogP contribution in [0, 0.1) is 0 Å². The van der Waals surface area contributed by atoms with Gasteiger partial charge in [-0.2, -0.15) is 0 Å². The molecule has 1 amide bonds. The smallest absolute Gasteiger partial charge is 0.257 e. The number of carbonyl (C=O) groups is 2. The Bertz CT molecular complexity index is 794. The summed E-state index contributed by atoms with van der Waals surface area (Å²) in [6.07, 6.45) is 8.06. The summed E-state index contributed by atoms with van der Waals surface area (Å²) in [4.78, 5) is 24.3. The van der Waals surface area contributed by atoms with Gasteiger partial charge in [-0.3, -0.25) is 9.59 Å². The SMILES string of the molecule is O=C(COc1ccc(C(=O)c2ccccc2)cc1)NCCC1=CCCCC1. The molecule has 0 radical (unpaired) electrons. The molecule has 0 saturated heterocycles.